The van der Waals surface area contributed by atoms with Crippen LogP contribution in [0.1, 0.15) is 23.2 Å². The van der Waals surface area contributed by atoms with Gasteiger partial charge in [0.15, 0.2) is 0 Å². The topological polar surface area (TPSA) is 72.3 Å². The number of thioether (sulfide) groups is 1. The van der Waals surface area contributed by atoms with E-state index in [1.807, 2.05) is 0 Å². The second-order valence-electron chi connectivity index (χ2n) is 2.71. The van der Waals surface area contributed by atoms with Crippen LogP contribution in [0.2, 0.25) is 0 Å². The lowest BCUT2D eigenvalue weighted by Gasteiger charge is -2.06. The zero-order valence-electron chi connectivity index (χ0n) is 8.77. The van der Waals surface area contributed by atoms with E-state index in [0.29, 0.717) is 10.6 Å². The van der Waals surface area contributed by atoms with Crippen molar-refractivity contribution < 1.29 is 14.6 Å². The molecule has 6 heteroatoms. The van der Waals surface area contributed by atoms with Gasteiger partial charge in [-0.25, -0.2) is 9.78 Å². The summed E-state index contributed by atoms with van der Waals surface area (Å²) in [6.45, 7) is 3.66. The summed E-state index contributed by atoms with van der Waals surface area (Å²) in [6.07, 6.45) is 1.80. The van der Waals surface area contributed by atoms with Gasteiger partial charge in [0.1, 0.15) is 0 Å². The Labute approximate surface area is 91.9 Å². The Morgan fingerprint density at radius 1 is 1.53 bits per heavy atom. The van der Waals surface area contributed by atoms with Crippen LogP contribution >= 0.6 is 11.8 Å². The normalized spacial score (nSPS) is 10.1. The number of nitrogens with zero attached hydrogens (tertiary/aromatic N) is 2. The molecule has 0 saturated carbocycles. The van der Waals surface area contributed by atoms with Crippen molar-refractivity contribution in [3.8, 4) is 5.88 Å². The number of aromatic hydroxyl groups is 1. The van der Waals surface area contributed by atoms with Gasteiger partial charge in [0, 0.05) is 0 Å². The van der Waals surface area contributed by atoms with Crippen molar-refractivity contribution in [1.29, 1.82) is 0 Å². The van der Waals surface area contributed by atoms with Crippen LogP contribution in [0.4, 0.5) is 0 Å². The molecule has 0 amide bonds. The van der Waals surface area contributed by atoms with Crippen LogP contribution in [-0.4, -0.2) is 33.9 Å². The van der Waals surface area contributed by atoms with E-state index in [0.717, 1.165) is 0 Å². The molecule has 0 aliphatic heterocycles. The Bertz CT molecular complexity index is 359. The molecule has 0 radical (unpaired) electrons. The highest BCUT2D eigenvalue weighted by Crippen LogP contribution is 2.26. The molecule has 15 heavy (non-hydrogen) atoms. The largest absolute Gasteiger partial charge is 0.492 e. The average molecular weight is 228 g/mol. The van der Waals surface area contributed by atoms with Crippen LogP contribution in [-0.2, 0) is 4.74 Å². The number of hydrogen-bond acceptors (Lipinski definition) is 6. The fourth-order valence-electron chi connectivity index (χ4n) is 1.07. The van der Waals surface area contributed by atoms with Gasteiger partial charge in [-0.1, -0.05) is 0 Å². The smallest absolute Gasteiger partial charge is 0.376 e. The van der Waals surface area contributed by atoms with Gasteiger partial charge in [0.05, 0.1) is 17.2 Å². The first-order valence-corrected chi connectivity index (χ1v) is 5.61. The maximum absolute atomic E-state index is 11.3. The molecule has 1 heterocycles. The third-order valence-corrected chi connectivity index (χ3v) is 2.57. The molecular formula is C9H12N2O3S. The molecule has 82 valence electrons. The van der Waals surface area contributed by atoms with Crippen molar-refractivity contribution in [3.63, 3.8) is 0 Å². The van der Waals surface area contributed by atoms with E-state index in [1.54, 1.807) is 20.1 Å². The first kappa shape index (κ1) is 11.8. The van der Waals surface area contributed by atoms with Gasteiger partial charge in [0.25, 0.3) is 0 Å². The first-order chi connectivity index (χ1) is 7.10. The molecule has 0 saturated heterocycles. The molecule has 0 fully saturated rings. The molecule has 0 atom stereocenters. The van der Waals surface area contributed by atoms with Gasteiger partial charge in [-0.3, -0.25) is 0 Å². The molecule has 1 aromatic heterocycles. The Morgan fingerprint density at radius 2 is 2.20 bits per heavy atom. The minimum atomic E-state index is -0.622. The van der Waals surface area contributed by atoms with Gasteiger partial charge < -0.3 is 9.84 Å². The summed E-state index contributed by atoms with van der Waals surface area (Å²) < 4.78 is 4.73. The van der Waals surface area contributed by atoms with Crippen molar-refractivity contribution in [3.05, 3.63) is 11.5 Å². The zero-order valence-corrected chi connectivity index (χ0v) is 9.59. The molecule has 5 nitrogen and oxygen atoms in total. The van der Waals surface area contributed by atoms with E-state index in [2.05, 4.69) is 9.97 Å². The molecule has 0 spiro atoms. The predicted octanol–water partition coefficient (Wildman–Crippen LogP) is 1.39. The molecule has 0 bridgehead atoms. The van der Waals surface area contributed by atoms with Crippen LogP contribution in [0.25, 0.3) is 0 Å². The maximum atomic E-state index is 11.3. The van der Waals surface area contributed by atoms with E-state index in [-0.39, 0.29) is 18.3 Å². The Hall–Kier alpha value is -1.30. The summed E-state index contributed by atoms with van der Waals surface area (Å²) in [5.74, 6) is -0.911. The van der Waals surface area contributed by atoms with Gasteiger partial charge >= 0.3 is 5.97 Å². The number of carbonyl (C=O) groups excluding carboxylic acids is 1. The Morgan fingerprint density at radius 3 is 2.67 bits per heavy atom. The summed E-state index contributed by atoms with van der Waals surface area (Å²) in [7, 11) is 0. The summed E-state index contributed by atoms with van der Waals surface area (Å²) in [5, 5.41) is 9.51. The minimum Gasteiger partial charge on any atom is -0.492 e. The predicted molar refractivity (Wildman–Crippen MR) is 56.2 cm³/mol. The van der Waals surface area contributed by atoms with Gasteiger partial charge in [-0.15, -0.1) is 11.8 Å². The number of aromatic nitrogens is 2. The third-order valence-electron chi connectivity index (χ3n) is 1.68. The van der Waals surface area contributed by atoms with Crippen molar-refractivity contribution in [2.75, 3.05) is 12.9 Å². The quantitative estimate of drug-likeness (QED) is 0.622. The zero-order chi connectivity index (χ0) is 11.4. The van der Waals surface area contributed by atoms with Crippen LogP contribution in [0.5, 0.6) is 5.88 Å². The fourth-order valence-corrected chi connectivity index (χ4v) is 1.64. The number of hydrogen-bond donors (Lipinski definition) is 1. The average Bonchev–Trinajstić information content (AvgIpc) is 2.17. The van der Waals surface area contributed by atoms with E-state index in [4.69, 9.17) is 4.74 Å². The lowest BCUT2D eigenvalue weighted by molar-refractivity contribution is 0.0510. The Balaban J connectivity index is 3.08. The molecular weight excluding hydrogens is 216 g/mol. The lowest BCUT2D eigenvalue weighted by Crippen LogP contribution is -2.11. The molecule has 1 aromatic rings. The SMILES string of the molecule is CCOC(=O)c1nc(C)c(SC)c(O)n1. The molecule has 0 aromatic carbocycles. The highest BCUT2D eigenvalue weighted by molar-refractivity contribution is 7.98. The standard InChI is InChI=1S/C9H12N2O3S/c1-4-14-9(13)7-10-5(2)6(15-3)8(12)11-7/h4H2,1-3H3,(H,10,11,12). The second kappa shape index (κ2) is 4.97. The van der Waals surface area contributed by atoms with Crippen molar-refractivity contribution >= 4 is 17.7 Å². The summed E-state index contributed by atoms with van der Waals surface area (Å²) >= 11 is 1.33. The van der Waals surface area contributed by atoms with Gasteiger partial charge in [0.2, 0.25) is 11.7 Å². The summed E-state index contributed by atoms with van der Waals surface area (Å²) in [6, 6.07) is 0. The first-order valence-electron chi connectivity index (χ1n) is 4.38. The van der Waals surface area contributed by atoms with Gasteiger partial charge in [-0.2, -0.15) is 4.98 Å². The van der Waals surface area contributed by atoms with E-state index < -0.39 is 5.97 Å². The second-order valence-corrected chi connectivity index (χ2v) is 3.53. The molecule has 1 rings (SSSR count). The molecule has 0 unspecified atom stereocenters. The van der Waals surface area contributed by atoms with Gasteiger partial charge in [-0.05, 0) is 20.1 Å². The van der Waals surface area contributed by atoms with Crippen molar-refractivity contribution in [2.45, 2.75) is 18.7 Å². The Kier molecular flexibility index (Phi) is 3.90. The van der Waals surface area contributed by atoms with E-state index in [1.165, 1.54) is 11.8 Å². The summed E-state index contributed by atoms with van der Waals surface area (Å²) in [5.41, 5.74) is 0.568. The number of carbonyl (C=O) groups is 1. The monoisotopic (exact) mass is 228 g/mol. The van der Waals surface area contributed by atoms with Crippen LogP contribution in [0, 0.1) is 6.92 Å². The number of ether oxygens (including phenoxy) is 1. The molecule has 0 aliphatic carbocycles. The lowest BCUT2D eigenvalue weighted by atomic mass is 10.4. The fraction of sp³-hybridized carbons (Fsp3) is 0.444. The third kappa shape index (κ3) is 2.59. The number of rotatable bonds is 3. The minimum absolute atomic E-state index is 0.107. The van der Waals surface area contributed by atoms with Crippen molar-refractivity contribution in [2.24, 2.45) is 0 Å². The highest BCUT2D eigenvalue weighted by atomic mass is 32.2. The number of esters is 1. The maximum Gasteiger partial charge on any atom is 0.376 e. The van der Waals surface area contributed by atoms with Crippen molar-refractivity contribution in [1.82, 2.24) is 9.97 Å². The molecule has 0 aliphatic rings. The van der Waals surface area contributed by atoms with Crippen LogP contribution in [0.3, 0.4) is 0 Å². The van der Waals surface area contributed by atoms with Crippen LogP contribution < -0.4 is 0 Å². The molecule has 1 N–H and O–H groups in total. The van der Waals surface area contributed by atoms with E-state index >= 15 is 0 Å². The summed E-state index contributed by atoms with van der Waals surface area (Å²) in [4.78, 5) is 19.5. The van der Waals surface area contributed by atoms with E-state index in [9.17, 15) is 9.90 Å². The highest BCUT2D eigenvalue weighted by Gasteiger charge is 2.16. The van der Waals surface area contributed by atoms with Crippen LogP contribution in [0.15, 0.2) is 4.90 Å². The number of aryl methyl sites for hydroxylation is 1.